The van der Waals surface area contributed by atoms with Gasteiger partial charge in [0.1, 0.15) is 34.5 Å². The van der Waals surface area contributed by atoms with E-state index in [4.69, 9.17) is 20.3 Å². The fourth-order valence-corrected chi connectivity index (χ4v) is 4.85. The molecule has 0 saturated heterocycles. The summed E-state index contributed by atoms with van der Waals surface area (Å²) in [6.07, 6.45) is 2.47. The minimum absolute atomic E-state index is 0.00927. The monoisotopic (exact) mass is 751 g/mol. The molecule has 0 saturated carbocycles. The van der Waals surface area contributed by atoms with Crippen LogP contribution in [0, 0.1) is 27.7 Å². The average molecular weight is 751 g/mol. The van der Waals surface area contributed by atoms with E-state index in [1.54, 1.807) is 48.5 Å². The third-order valence-electron chi connectivity index (χ3n) is 6.90. The van der Waals surface area contributed by atoms with Crippen LogP contribution in [0.25, 0.3) is 0 Å². The van der Waals surface area contributed by atoms with Crippen molar-refractivity contribution < 1.29 is 29.6 Å². The second kappa shape index (κ2) is 33.1. The van der Waals surface area contributed by atoms with Crippen molar-refractivity contribution in [2.45, 2.75) is 129 Å². The third kappa shape index (κ3) is 21.9. The topological polar surface area (TPSA) is 134 Å². The molecule has 8 nitrogen and oxygen atoms in total. The number of rotatable bonds is 11. The van der Waals surface area contributed by atoms with E-state index in [9.17, 15) is 15.0 Å². The van der Waals surface area contributed by atoms with Crippen LogP contribution in [-0.4, -0.2) is 40.4 Å². The van der Waals surface area contributed by atoms with Crippen LogP contribution in [0.3, 0.4) is 0 Å². The Morgan fingerprint density at radius 3 is 1.28 bits per heavy atom. The molecule has 304 valence electrons. The molecule has 0 heterocycles. The zero-order valence-electron chi connectivity index (χ0n) is 36.2. The van der Waals surface area contributed by atoms with Gasteiger partial charge in [-0.25, -0.2) is 0 Å². The number of aryl methyl sites for hydroxylation is 5. The lowest BCUT2D eigenvalue weighted by atomic mass is 10.0. The summed E-state index contributed by atoms with van der Waals surface area (Å²) in [4.78, 5) is 10.9. The SMILES string of the molecule is CC.CC.CC.CC.CC.CC(=O)NCCCc1cc(C)c(Oc2ccc(O)cc2)c(C)c1.Cc1cc(CC(N)CO)cc(C)c1Oc1ccc(O)cc1. The molecule has 1 amide bonds. The van der Waals surface area contributed by atoms with Gasteiger partial charge in [-0.2, -0.15) is 0 Å². The van der Waals surface area contributed by atoms with E-state index < -0.39 is 0 Å². The Hall–Kier alpha value is -4.53. The van der Waals surface area contributed by atoms with Crippen molar-refractivity contribution in [2.24, 2.45) is 5.73 Å². The Balaban J connectivity index is -0.000000784. The van der Waals surface area contributed by atoms with Crippen LogP contribution in [0.2, 0.25) is 0 Å². The van der Waals surface area contributed by atoms with Crippen molar-refractivity contribution in [3.8, 4) is 34.5 Å². The lowest BCUT2D eigenvalue weighted by Gasteiger charge is -2.15. The first kappa shape index (κ1) is 53.8. The first-order valence-electron chi connectivity index (χ1n) is 19.7. The van der Waals surface area contributed by atoms with Crippen LogP contribution >= 0.6 is 0 Å². The van der Waals surface area contributed by atoms with Crippen LogP contribution in [0.5, 0.6) is 34.5 Å². The highest BCUT2D eigenvalue weighted by atomic mass is 16.5. The minimum atomic E-state index is -0.243. The van der Waals surface area contributed by atoms with Crippen molar-refractivity contribution in [1.82, 2.24) is 5.32 Å². The minimum Gasteiger partial charge on any atom is -0.508 e. The van der Waals surface area contributed by atoms with Crippen molar-refractivity contribution in [3.05, 3.63) is 106 Å². The largest absolute Gasteiger partial charge is 0.508 e. The molecule has 4 aromatic rings. The number of ether oxygens (including phenoxy) is 2. The van der Waals surface area contributed by atoms with Crippen LogP contribution in [0.4, 0.5) is 0 Å². The smallest absolute Gasteiger partial charge is 0.216 e. The van der Waals surface area contributed by atoms with Crippen molar-refractivity contribution in [3.63, 3.8) is 0 Å². The van der Waals surface area contributed by atoms with Gasteiger partial charge in [0.05, 0.1) is 6.61 Å². The Morgan fingerprint density at radius 1 is 0.630 bits per heavy atom. The van der Waals surface area contributed by atoms with Gasteiger partial charge in [-0.1, -0.05) is 93.5 Å². The highest BCUT2D eigenvalue weighted by Gasteiger charge is 2.11. The number of amides is 1. The van der Waals surface area contributed by atoms with Gasteiger partial charge < -0.3 is 35.8 Å². The quantitative estimate of drug-likeness (QED) is 0.0963. The number of nitrogens with two attached hydrogens (primary N) is 1. The third-order valence-corrected chi connectivity index (χ3v) is 6.90. The molecule has 1 atom stereocenters. The highest BCUT2D eigenvalue weighted by Crippen LogP contribution is 2.32. The van der Waals surface area contributed by atoms with Gasteiger partial charge in [-0.3, -0.25) is 4.79 Å². The van der Waals surface area contributed by atoms with E-state index in [1.165, 1.54) is 12.5 Å². The molecule has 0 aliphatic carbocycles. The highest BCUT2D eigenvalue weighted by molar-refractivity contribution is 5.72. The first-order chi connectivity index (χ1) is 25.9. The maximum atomic E-state index is 10.9. The predicted molar refractivity (Wildman–Crippen MR) is 231 cm³/mol. The summed E-state index contributed by atoms with van der Waals surface area (Å²) >= 11 is 0. The molecule has 8 heteroatoms. The fourth-order valence-electron chi connectivity index (χ4n) is 4.85. The van der Waals surface area contributed by atoms with Crippen LogP contribution < -0.4 is 20.5 Å². The fraction of sp³-hybridized carbons (Fsp3) is 0.457. The number of nitrogens with one attached hydrogen (secondary N) is 1. The molecular weight excluding hydrogens is 677 g/mol. The van der Waals surface area contributed by atoms with Gasteiger partial charge in [0.2, 0.25) is 5.91 Å². The molecule has 4 aromatic carbocycles. The van der Waals surface area contributed by atoms with Crippen LogP contribution in [-0.2, 0) is 17.6 Å². The second-order valence-corrected chi connectivity index (χ2v) is 11.0. The molecule has 6 N–H and O–H groups in total. The van der Waals surface area contributed by atoms with Gasteiger partial charge >= 0.3 is 0 Å². The molecule has 0 bridgehead atoms. The Bertz CT molecular complexity index is 1470. The number of benzene rings is 4. The Morgan fingerprint density at radius 2 is 0.963 bits per heavy atom. The van der Waals surface area contributed by atoms with Crippen molar-refractivity contribution >= 4 is 5.91 Å². The molecule has 1 unspecified atom stereocenters. The predicted octanol–water partition coefficient (Wildman–Crippen LogP) is 11.7. The lowest BCUT2D eigenvalue weighted by molar-refractivity contribution is -0.118. The van der Waals surface area contributed by atoms with Gasteiger partial charge in [0.15, 0.2) is 0 Å². The summed E-state index contributed by atoms with van der Waals surface area (Å²) < 4.78 is 11.8. The van der Waals surface area contributed by atoms with Crippen LogP contribution in [0.15, 0.2) is 72.8 Å². The van der Waals surface area contributed by atoms with Crippen LogP contribution in [0.1, 0.15) is 116 Å². The molecule has 0 aliphatic heterocycles. The average Bonchev–Trinajstić information content (AvgIpc) is 3.19. The summed E-state index contributed by atoms with van der Waals surface area (Å²) in [7, 11) is 0. The van der Waals surface area contributed by atoms with E-state index >= 15 is 0 Å². The number of carbonyl (C=O) groups is 1. The number of aliphatic hydroxyl groups is 1. The standard InChI is InChI=1S/C19H23NO3.C17H21NO3.5C2H6/c1-13-11-16(5-4-10-20-15(3)21)12-14(2)19(13)23-18-8-6-17(22)7-9-18;1-11-7-13(9-14(18)10-19)8-12(2)17(11)21-16-5-3-15(20)4-6-16;5*1-2/h6-9,11-12,22H,4-5,10H2,1-3H3,(H,20,21);3-8,14,19-20H,9-10,18H2,1-2H3;5*1-2H3. The molecular formula is C46H74N2O6. The first-order valence-corrected chi connectivity index (χ1v) is 19.7. The number of hydrogen-bond donors (Lipinski definition) is 5. The molecule has 0 aliphatic rings. The summed E-state index contributed by atoms with van der Waals surface area (Å²) in [6, 6.07) is 21.4. The van der Waals surface area contributed by atoms with Gasteiger partial charge in [-0.05, 0) is 129 Å². The zero-order chi connectivity index (χ0) is 42.2. The van der Waals surface area contributed by atoms with Gasteiger partial charge in [0, 0.05) is 19.5 Å². The normalized spacial score (nSPS) is 9.72. The molecule has 0 spiro atoms. The van der Waals surface area contributed by atoms with E-state index in [0.29, 0.717) is 24.5 Å². The second-order valence-electron chi connectivity index (χ2n) is 11.0. The number of aromatic hydroxyl groups is 2. The number of carbonyl (C=O) groups excluding carboxylic acids is 1. The van der Waals surface area contributed by atoms with E-state index in [1.807, 2.05) is 109 Å². The Kier molecular flexibility index (Phi) is 33.0. The molecule has 0 radical (unpaired) electrons. The van der Waals surface area contributed by atoms with E-state index in [-0.39, 0.29) is 30.1 Å². The molecule has 0 fully saturated rings. The molecule has 0 aromatic heterocycles. The lowest BCUT2D eigenvalue weighted by Crippen LogP contribution is -2.26. The zero-order valence-corrected chi connectivity index (χ0v) is 36.2. The number of phenolic OH excluding ortho intramolecular Hbond substituents is 2. The maximum absolute atomic E-state index is 10.9. The number of hydrogen-bond acceptors (Lipinski definition) is 7. The van der Waals surface area contributed by atoms with E-state index in [0.717, 1.165) is 52.2 Å². The van der Waals surface area contributed by atoms with E-state index in [2.05, 4.69) is 17.4 Å². The van der Waals surface area contributed by atoms with Crippen molar-refractivity contribution in [1.29, 1.82) is 0 Å². The van der Waals surface area contributed by atoms with Crippen molar-refractivity contribution in [2.75, 3.05) is 13.2 Å². The number of phenols is 2. The van der Waals surface area contributed by atoms with Gasteiger partial charge in [0.25, 0.3) is 0 Å². The summed E-state index contributed by atoms with van der Waals surface area (Å²) in [5, 5.41) is 30.5. The summed E-state index contributed by atoms with van der Waals surface area (Å²) in [6.45, 7) is 30.2. The molecule has 54 heavy (non-hydrogen) atoms. The summed E-state index contributed by atoms with van der Waals surface area (Å²) in [5.41, 5.74) is 12.3. The number of aliphatic hydroxyl groups excluding tert-OH is 1. The van der Waals surface area contributed by atoms with Gasteiger partial charge in [-0.15, -0.1) is 0 Å². The molecule has 4 rings (SSSR count). The Labute approximate surface area is 328 Å². The maximum Gasteiger partial charge on any atom is 0.216 e. The summed E-state index contributed by atoms with van der Waals surface area (Å²) in [5.74, 6) is 3.48.